The van der Waals surface area contributed by atoms with Crippen molar-refractivity contribution in [3.05, 3.63) is 0 Å². The molecule has 2 heterocycles. The van der Waals surface area contributed by atoms with Crippen molar-refractivity contribution < 1.29 is 4.74 Å². The van der Waals surface area contributed by atoms with Crippen molar-refractivity contribution in [3.63, 3.8) is 0 Å². The van der Waals surface area contributed by atoms with Gasteiger partial charge in [0.15, 0.2) is 0 Å². The third-order valence-electron chi connectivity index (χ3n) is 4.33. The fraction of sp³-hybridized carbons (Fsp3) is 1.00. The number of ether oxygens (including phenoxy) is 1. The van der Waals surface area contributed by atoms with Gasteiger partial charge in [-0.3, -0.25) is 4.90 Å². The summed E-state index contributed by atoms with van der Waals surface area (Å²) < 4.78 is 5.88. The molecule has 15 heavy (non-hydrogen) atoms. The van der Waals surface area contributed by atoms with Crippen molar-refractivity contribution >= 4 is 0 Å². The minimum Gasteiger partial charge on any atom is -0.375 e. The molecule has 1 aliphatic carbocycles. The fourth-order valence-corrected chi connectivity index (χ4v) is 3.05. The van der Waals surface area contributed by atoms with Crippen LogP contribution in [0.1, 0.15) is 19.8 Å². The lowest BCUT2D eigenvalue weighted by Crippen LogP contribution is -2.58. The van der Waals surface area contributed by atoms with E-state index in [0.717, 1.165) is 31.0 Å². The maximum absolute atomic E-state index is 5.88. The Kier molecular flexibility index (Phi) is 2.71. The van der Waals surface area contributed by atoms with Crippen LogP contribution >= 0.6 is 0 Å². The zero-order valence-corrected chi connectivity index (χ0v) is 9.61. The summed E-state index contributed by atoms with van der Waals surface area (Å²) in [7, 11) is 0. The quantitative estimate of drug-likeness (QED) is 0.726. The Balaban J connectivity index is 1.52. The van der Waals surface area contributed by atoms with E-state index >= 15 is 0 Å². The van der Waals surface area contributed by atoms with Crippen LogP contribution in [0.15, 0.2) is 0 Å². The average Bonchev–Trinajstić information content (AvgIpc) is 2.11. The molecule has 86 valence electrons. The van der Waals surface area contributed by atoms with Crippen LogP contribution in [-0.2, 0) is 4.74 Å². The van der Waals surface area contributed by atoms with Crippen molar-refractivity contribution in [2.24, 2.45) is 11.8 Å². The highest BCUT2D eigenvalue weighted by molar-refractivity contribution is 4.91. The molecule has 2 aliphatic heterocycles. The molecule has 0 aromatic heterocycles. The fourth-order valence-electron chi connectivity index (χ4n) is 3.05. The van der Waals surface area contributed by atoms with E-state index in [9.17, 15) is 0 Å². The Hall–Kier alpha value is -0.120. The Labute approximate surface area is 92.2 Å². The van der Waals surface area contributed by atoms with Crippen LogP contribution in [0, 0.1) is 11.8 Å². The zero-order valence-electron chi connectivity index (χ0n) is 9.61. The summed E-state index contributed by atoms with van der Waals surface area (Å²) in [5.41, 5.74) is 0. The Morgan fingerprint density at radius 3 is 2.67 bits per heavy atom. The third kappa shape index (κ3) is 1.93. The molecule has 0 aromatic rings. The summed E-state index contributed by atoms with van der Waals surface area (Å²) in [5, 5.41) is 3.34. The van der Waals surface area contributed by atoms with Crippen molar-refractivity contribution in [1.82, 2.24) is 10.2 Å². The van der Waals surface area contributed by atoms with Crippen molar-refractivity contribution in [3.8, 4) is 0 Å². The molecule has 0 radical (unpaired) electrons. The van der Waals surface area contributed by atoms with Crippen LogP contribution in [0.3, 0.4) is 0 Å². The molecule has 3 rings (SSSR count). The van der Waals surface area contributed by atoms with Gasteiger partial charge >= 0.3 is 0 Å². The second kappa shape index (κ2) is 4.04. The van der Waals surface area contributed by atoms with Crippen LogP contribution in [0.2, 0.25) is 0 Å². The molecule has 2 saturated heterocycles. The second-order valence-electron chi connectivity index (χ2n) is 5.55. The number of hydrogen-bond acceptors (Lipinski definition) is 3. The molecule has 0 spiro atoms. The van der Waals surface area contributed by atoms with E-state index in [1.807, 2.05) is 0 Å². The molecular formula is C12H22N2O. The summed E-state index contributed by atoms with van der Waals surface area (Å²) >= 11 is 0. The molecule has 1 unspecified atom stereocenters. The van der Waals surface area contributed by atoms with Crippen molar-refractivity contribution in [2.75, 3.05) is 32.8 Å². The van der Waals surface area contributed by atoms with Gasteiger partial charge in [0.1, 0.15) is 0 Å². The molecule has 0 aromatic carbocycles. The lowest BCUT2D eigenvalue weighted by molar-refractivity contribution is -0.0926. The van der Waals surface area contributed by atoms with E-state index in [1.165, 1.54) is 32.5 Å². The molecule has 1 saturated carbocycles. The molecule has 3 aliphatic rings. The highest BCUT2D eigenvalue weighted by Gasteiger charge is 2.37. The van der Waals surface area contributed by atoms with Crippen LogP contribution in [-0.4, -0.2) is 49.8 Å². The largest absolute Gasteiger partial charge is 0.375 e. The smallest absolute Gasteiger partial charge is 0.0755 e. The predicted octanol–water partition coefficient (Wildman–Crippen LogP) is 0.705. The highest BCUT2D eigenvalue weighted by Crippen LogP contribution is 2.32. The highest BCUT2D eigenvalue weighted by atomic mass is 16.5. The van der Waals surface area contributed by atoms with Gasteiger partial charge < -0.3 is 10.1 Å². The maximum atomic E-state index is 5.88. The maximum Gasteiger partial charge on any atom is 0.0755 e. The molecule has 3 fully saturated rings. The van der Waals surface area contributed by atoms with Crippen molar-refractivity contribution in [2.45, 2.75) is 31.9 Å². The molecule has 1 atom stereocenters. The number of rotatable bonds is 2. The zero-order chi connectivity index (χ0) is 10.3. The first-order valence-corrected chi connectivity index (χ1v) is 6.39. The Morgan fingerprint density at radius 1 is 1.27 bits per heavy atom. The summed E-state index contributed by atoms with van der Waals surface area (Å²) in [6, 6.07) is 0.874. The third-order valence-corrected chi connectivity index (χ3v) is 4.33. The van der Waals surface area contributed by atoms with E-state index in [4.69, 9.17) is 4.74 Å². The summed E-state index contributed by atoms with van der Waals surface area (Å²) in [6.07, 6.45) is 3.33. The minimum atomic E-state index is 0.510. The van der Waals surface area contributed by atoms with Crippen molar-refractivity contribution in [1.29, 1.82) is 0 Å². The van der Waals surface area contributed by atoms with E-state index in [-0.39, 0.29) is 0 Å². The van der Waals surface area contributed by atoms with Crippen LogP contribution in [0.5, 0.6) is 0 Å². The number of nitrogens with zero attached hydrogens (tertiary/aromatic N) is 1. The second-order valence-corrected chi connectivity index (χ2v) is 5.55. The molecule has 3 heteroatoms. The number of morpholine rings is 1. The first-order chi connectivity index (χ1) is 7.33. The number of nitrogens with one attached hydrogen (secondary N) is 1. The topological polar surface area (TPSA) is 24.5 Å². The first kappa shape index (κ1) is 10.1. The number of hydrogen-bond donors (Lipinski definition) is 1. The van der Waals surface area contributed by atoms with E-state index in [1.54, 1.807) is 0 Å². The normalized spacial score (nSPS) is 43.4. The van der Waals surface area contributed by atoms with E-state index in [0.29, 0.717) is 6.10 Å². The van der Waals surface area contributed by atoms with Gasteiger partial charge in [-0.1, -0.05) is 6.92 Å². The Bertz CT molecular complexity index is 224. The van der Waals surface area contributed by atoms with E-state index in [2.05, 4.69) is 17.1 Å². The standard InChI is InChI=1S/C12H22N2O/c1-9-4-11(5-9)14-2-3-15-12(8-14)10-6-13-7-10/h9-13H,2-8H2,1H3. The van der Waals surface area contributed by atoms with Gasteiger partial charge in [0.25, 0.3) is 0 Å². The summed E-state index contributed by atoms with van der Waals surface area (Å²) in [6.45, 7) is 7.99. The molecule has 0 amide bonds. The van der Waals surface area contributed by atoms with Gasteiger partial charge in [0.2, 0.25) is 0 Å². The minimum absolute atomic E-state index is 0.510. The van der Waals surface area contributed by atoms with Gasteiger partial charge in [0, 0.05) is 38.1 Å². The van der Waals surface area contributed by atoms with Gasteiger partial charge in [0.05, 0.1) is 12.7 Å². The average molecular weight is 210 g/mol. The predicted molar refractivity (Wildman–Crippen MR) is 59.9 cm³/mol. The molecular weight excluding hydrogens is 188 g/mol. The monoisotopic (exact) mass is 210 g/mol. The SMILES string of the molecule is CC1CC(N2CCOC(C3CNC3)C2)C1. The van der Waals surface area contributed by atoms with Crippen LogP contribution in [0.4, 0.5) is 0 Å². The van der Waals surface area contributed by atoms with Crippen LogP contribution < -0.4 is 5.32 Å². The van der Waals surface area contributed by atoms with Gasteiger partial charge in [-0.15, -0.1) is 0 Å². The van der Waals surface area contributed by atoms with Gasteiger partial charge in [-0.2, -0.15) is 0 Å². The summed E-state index contributed by atoms with van der Waals surface area (Å²) in [5.74, 6) is 1.74. The lowest BCUT2D eigenvalue weighted by atomic mass is 9.80. The summed E-state index contributed by atoms with van der Waals surface area (Å²) in [4.78, 5) is 2.67. The van der Waals surface area contributed by atoms with E-state index < -0.39 is 0 Å². The molecule has 3 nitrogen and oxygen atoms in total. The first-order valence-electron chi connectivity index (χ1n) is 6.39. The Morgan fingerprint density at radius 2 is 2.07 bits per heavy atom. The molecule has 0 bridgehead atoms. The van der Waals surface area contributed by atoms with Gasteiger partial charge in [-0.05, 0) is 18.8 Å². The van der Waals surface area contributed by atoms with Crippen LogP contribution in [0.25, 0.3) is 0 Å². The van der Waals surface area contributed by atoms with Gasteiger partial charge in [-0.25, -0.2) is 0 Å². The lowest BCUT2D eigenvalue weighted by Gasteiger charge is -2.47. The molecule has 1 N–H and O–H groups in total.